The summed E-state index contributed by atoms with van der Waals surface area (Å²) < 4.78 is 41.0. The second-order valence-corrected chi connectivity index (χ2v) is 6.03. The van der Waals surface area contributed by atoms with Gasteiger partial charge in [-0.3, -0.25) is 4.90 Å². The molecule has 1 unspecified atom stereocenters. The van der Waals surface area contributed by atoms with Gasteiger partial charge in [0.05, 0.1) is 0 Å². The van der Waals surface area contributed by atoms with Crippen LogP contribution in [-0.2, 0) is 25.7 Å². The molecule has 1 aliphatic rings. The van der Waals surface area contributed by atoms with Gasteiger partial charge < -0.3 is 9.67 Å². The lowest BCUT2D eigenvalue weighted by molar-refractivity contribution is -0.258. The molecule has 0 aliphatic carbocycles. The highest BCUT2D eigenvalue weighted by Crippen LogP contribution is 2.42. The van der Waals surface area contributed by atoms with Gasteiger partial charge in [0.15, 0.2) is 5.60 Å². The Labute approximate surface area is 120 Å². The molecule has 0 bridgehead atoms. The smallest absolute Gasteiger partial charge is 0.376 e. The second-order valence-electron chi connectivity index (χ2n) is 6.03. The monoisotopic (exact) mass is 298 g/mol. The molecule has 0 fully saturated rings. The summed E-state index contributed by atoms with van der Waals surface area (Å²) in [6.45, 7) is 2.32. The number of fused-ring (bicyclic) bond motifs is 2. The summed E-state index contributed by atoms with van der Waals surface area (Å²) in [7, 11) is 3.67. The molecule has 21 heavy (non-hydrogen) atoms. The zero-order chi connectivity index (χ0) is 15.6. The van der Waals surface area contributed by atoms with Crippen LogP contribution in [0.1, 0.15) is 23.6 Å². The number of halogens is 3. The van der Waals surface area contributed by atoms with Gasteiger partial charge in [0.2, 0.25) is 0 Å². The third kappa shape index (κ3) is 2.05. The number of hydrogen-bond acceptors (Lipinski definition) is 2. The fourth-order valence-electron chi connectivity index (χ4n) is 2.99. The third-order valence-corrected chi connectivity index (χ3v) is 4.27. The molecule has 6 heteroatoms. The normalized spacial score (nSPS) is 19.0. The first-order chi connectivity index (χ1) is 9.61. The number of hydrogen-bond donors (Lipinski definition) is 1. The molecular weight excluding hydrogens is 281 g/mol. The lowest BCUT2D eigenvalue weighted by Gasteiger charge is -2.26. The number of aliphatic hydroxyl groups is 1. The van der Waals surface area contributed by atoms with Crippen LogP contribution in [0.4, 0.5) is 13.2 Å². The maximum atomic E-state index is 13.1. The summed E-state index contributed by atoms with van der Waals surface area (Å²) in [4.78, 5) is 2.10. The minimum Gasteiger partial charge on any atom is -0.376 e. The summed E-state index contributed by atoms with van der Waals surface area (Å²) in [5.74, 6) is 0. The molecule has 1 N–H and O–H groups in total. The Balaban J connectivity index is 2.25. The van der Waals surface area contributed by atoms with Gasteiger partial charge in [-0.1, -0.05) is 0 Å². The van der Waals surface area contributed by atoms with Crippen molar-refractivity contribution < 1.29 is 18.3 Å². The first-order valence-corrected chi connectivity index (χ1v) is 6.70. The average Bonchev–Trinajstić information content (AvgIpc) is 2.85. The molecule has 0 spiro atoms. The molecule has 1 atom stereocenters. The Hall–Kier alpha value is -1.53. The first kappa shape index (κ1) is 14.4. The zero-order valence-electron chi connectivity index (χ0n) is 12.1. The van der Waals surface area contributed by atoms with E-state index in [1.165, 1.54) is 6.20 Å². The number of nitrogens with zero attached hydrogens (tertiary/aromatic N) is 2. The molecule has 3 nitrogen and oxygen atoms in total. The van der Waals surface area contributed by atoms with E-state index >= 15 is 0 Å². The SMILES string of the molecule is CN1Cc2cc3c(C(C)(O)C(F)(F)F)cn(C)c3cc2C1. The summed E-state index contributed by atoms with van der Waals surface area (Å²) in [6.07, 6.45) is -3.34. The first-order valence-electron chi connectivity index (χ1n) is 6.70. The maximum Gasteiger partial charge on any atom is 0.421 e. The van der Waals surface area contributed by atoms with Gasteiger partial charge in [-0.25, -0.2) is 0 Å². The van der Waals surface area contributed by atoms with Crippen molar-refractivity contribution >= 4 is 10.9 Å². The molecule has 1 aromatic carbocycles. The molecule has 1 aromatic heterocycles. The Bertz CT molecular complexity index is 716. The van der Waals surface area contributed by atoms with Crippen LogP contribution in [0.5, 0.6) is 0 Å². The van der Waals surface area contributed by atoms with Crippen LogP contribution in [-0.4, -0.2) is 27.8 Å². The number of benzene rings is 1. The van der Waals surface area contributed by atoms with E-state index in [2.05, 4.69) is 4.90 Å². The maximum absolute atomic E-state index is 13.1. The van der Waals surface area contributed by atoms with Gasteiger partial charge in [-0.15, -0.1) is 0 Å². The Kier molecular flexibility index (Phi) is 2.91. The van der Waals surface area contributed by atoms with Crippen LogP contribution >= 0.6 is 0 Å². The minimum absolute atomic E-state index is 0.0927. The molecule has 0 saturated heterocycles. The van der Waals surface area contributed by atoms with E-state index < -0.39 is 11.8 Å². The molecule has 0 radical (unpaired) electrons. The van der Waals surface area contributed by atoms with E-state index in [1.807, 2.05) is 13.1 Å². The van der Waals surface area contributed by atoms with E-state index in [1.54, 1.807) is 17.7 Å². The van der Waals surface area contributed by atoms with Gasteiger partial charge in [-0.05, 0) is 37.2 Å². The van der Waals surface area contributed by atoms with Crippen LogP contribution in [0.15, 0.2) is 18.3 Å². The number of rotatable bonds is 1. The number of alkyl halides is 3. The van der Waals surface area contributed by atoms with Crippen molar-refractivity contribution in [2.24, 2.45) is 7.05 Å². The van der Waals surface area contributed by atoms with Crippen LogP contribution in [0, 0.1) is 0 Å². The average molecular weight is 298 g/mol. The van der Waals surface area contributed by atoms with E-state index in [9.17, 15) is 18.3 Å². The van der Waals surface area contributed by atoms with Gasteiger partial charge >= 0.3 is 6.18 Å². The highest BCUT2D eigenvalue weighted by atomic mass is 19.4. The van der Waals surface area contributed by atoms with E-state index in [0.29, 0.717) is 17.4 Å². The number of aryl methyl sites for hydroxylation is 1. The van der Waals surface area contributed by atoms with Crippen molar-refractivity contribution in [3.63, 3.8) is 0 Å². The van der Waals surface area contributed by atoms with Gasteiger partial charge in [0, 0.05) is 42.8 Å². The standard InChI is InChI=1S/C15H17F3N2O/c1-14(21,15(16,17)18)12-8-20(3)13-5-10-7-19(2)6-9(10)4-11(12)13/h4-5,8,21H,6-7H2,1-3H3. The Morgan fingerprint density at radius 2 is 1.67 bits per heavy atom. The molecule has 1 aliphatic heterocycles. The van der Waals surface area contributed by atoms with Crippen molar-refractivity contribution in [2.75, 3.05) is 7.05 Å². The van der Waals surface area contributed by atoms with Gasteiger partial charge in [0.25, 0.3) is 0 Å². The lowest BCUT2D eigenvalue weighted by Crippen LogP contribution is -2.39. The van der Waals surface area contributed by atoms with Gasteiger partial charge in [0.1, 0.15) is 0 Å². The zero-order valence-corrected chi connectivity index (χ0v) is 12.1. The lowest BCUT2D eigenvalue weighted by atomic mass is 9.93. The molecule has 3 rings (SSSR count). The summed E-state index contributed by atoms with van der Waals surface area (Å²) in [6, 6.07) is 3.70. The fourth-order valence-corrected chi connectivity index (χ4v) is 2.99. The fraction of sp³-hybridized carbons (Fsp3) is 0.467. The minimum atomic E-state index is -4.71. The molecule has 0 saturated carbocycles. The van der Waals surface area contributed by atoms with Crippen LogP contribution in [0.2, 0.25) is 0 Å². The van der Waals surface area contributed by atoms with Crippen molar-refractivity contribution in [1.29, 1.82) is 0 Å². The second kappa shape index (κ2) is 4.24. The van der Waals surface area contributed by atoms with Crippen LogP contribution < -0.4 is 0 Å². The van der Waals surface area contributed by atoms with Crippen molar-refractivity contribution in [1.82, 2.24) is 9.47 Å². The van der Waals surface area contributed by atoms with E-state index in [-0.39, 0.29) is 5.56 Å². The quantitative estimate of drug-likeness (QED) is 0.877. The molecule has 2 heterocycles. The number of aromatic nitrogens is 1. The topological polar surface area (TPSA) is 28.4 Å². The van der Waals surface area contributed by atoms with Crippen molar-refractivity contribution in [3.8, 4) is 0 Å². The highest BCUT2D eigenvalue weighted by Gasteiger charge is 2.52. The van der Waals surface area contributed by atoms with Gasteiger partial charge in [-0.2, -0.15) is 13.2 Å². The Morgan fingerprint density at radius 1 is 1.10 bits per heavy atom. The third-order valence-electron chi connectivity index (χ3n) is 4.27. The van der Waals surface area contributed by atoms with Crippen molar-refractivity contribution in [2.45, 2.75) is 31.8 Å². The summed E-state index contributed by atoms with van der Waals surface area (Å²) >= 11 is 0. The van der Waals surface area contributed by atoms with Crippen LogP contribution in [0.25, 0.3) is 10.9 Å². The molecule has 114 valence electrons. The highest BCUT2D eigenvalue weighted by molar-refractivity contribution is 5.86. The predicted octanol–water partition coefficient (Wildman–Crippen LogP) is 2.89. The van der Waals surface area contributed by atoms with Crippen LogP contribution in [0.3, 0.4) is 0 Å². The van der Waals surface area contributed by atoms with Crippen molar-refractivity contribution in [3.05, 3.63) is 35.0 Å². The van der Waals surface area contributed by atoms with E-state index in [4.69, 9.17) is 0 Å². The molecule has 0 amide bonds. The summed E-state index contributed by atoms with van der Waals surface area (Å²) in [5.41, 5.74) is -0.0844. The molecule has 2 aromatic rings. The van der Waals surface area contributed by atoms with E-state index in [0.717, 1.165) is 24.6 Å². The predicted molar refractivity (Wildman–Crippen MR) is 73.7 cm³/mol. The molecular formula is C15H17F3N2O. The summed E-state index contributed by atoms with van der Waals surface area (Å²) in [5, 5.41) is 10.5. The largest absolute Gasteiger partial charge is 0.421 e. The Morgan fingerprint density at radius 3 is 2.24 bits per heavy atom.